The van der Waals surface area contributed by atoms with E-state index < -0.39 is 76.1 Å². The maximum Gasteiger partial charge on any atom is 0.339 e. The van der Waals surface area contributed by atoms with Gasteiger partial charge in [-0.2, -0.15) is 0 Å². The van der Waals surface area contributed by atoms with Gasteiger partial charge in [0, 0.05) is 0 Å². The standard InChI is InChI=1S/C24H20O6.2C23H18O7.C23H20O4.4H2O/c1-12-4-5-15(8-13(12)2)21(16-6-7-20(25)18(10-16)23(27)28)17-9-14(3)22(26)19(11-17)24(29)30;2*1-11-7-13(3-5-18(11)24)20(14-4-6-19(25)16(9-14)22(27)28)15-8-12(2)21(26)17(10-15)23(29)30;1-13-4-5-16(10-14(13)2)22(17-6-8-20(24)15(3)11-17)18-7-9-21(25)19(12-18)23(26)27;;;;/h4-11,26H,1-3H3,(H,27,28)(H,29,30);2*3-10,24,26H,1-2H3,(H,27,28)(H,29,30);4-12,24H,1-3H3,(H,26,27);4*1H2/b21-16-;20-14-;;;;;;. The highest BCUT2D eigenvalue weighted by Gasteiger charge is 2.29. The molecule has 0 amide bonds. The lowest BCUT2D eigenvalue weighted by Gasteiger charge is -2.17. The van der Waals surface area contributed by atoms with E-state index >= 15 is 0 Å². The minimum absolute atomic E-state index is 0. The van der Waals surface area contributed by atoms with Crippen LogP contribution in [0.15, 0.2) is 245 Å². The first-order valence-corrected chi connectivity index (χ1v) is 35.5. The molecule has 0 aromatic heterocycles. The summed E-state index contributed by atoms with van der Waals surface area (Å²) in [6.45, 7) is 17.8. The van der Waals surface area contributed by atoms with E-state index in [1.54, 1.807) is 102 Å². The van der Waals surface area contributed by atoms with Crippen molar-refractivity contribution in [3.05, 3.63) is 362 Å². The van der Waals surface area contributed by atoms with E-state index in [2.05, 4.69) is 0 Å². The second-order valence-corrected chi connectivity index (χ2v) is 27.6. The van der Waals surface area contributed by atoms with Gasteiger partial charge in [-0.15, -0.1) is 0 Å². The predicted molar refractivity (Wildman–Crippen MR) is 448 cm³/mol. The number of hydrogen-bond donors (Lipinski definition) is 13. The molecule has 0 heterocycles. The first kappa shape index (κ1) is 95.8. The van der Waals surface area contributed by atoms with Crippen LogP contribution in [-0.2, 0) is 38.4 Å². The number of carbonyl (C=O) groups excluding carboxylic acids is 4. The Bertz CT molecular complexity index is 5620. The monoisotopic (exact) mass is 1650 g/mol. The van der Waals surface area contributed by atoms with Crippen molar-refractivity contribution in [1.29, 1.82) is 0 Å². The second-order valence-electron chi connectivity index (χ2n) is 27.6. The number of aromatic hydroxyl groups is 6. The third-order valence-electron chi connectivity index (χ3n) is 19.5. The van der Waals surface area contributed by atoms with Crippen LogP contribution in [0.25, 0.3) is 22.3 Å². The van der Waals surface area contributed by atoms with Gasteiger partial charge in [0.15, 0.2) is 23.1 Å². The quantitative estimate of drug-likeness (QED) is 0.0424. The van der Waals surface area contributed by atoms with Gasteiger partial charge in [0.1, 0.15) is 73.5 Å². The molecule has 4 aliphatic rings. The molecule has 28 nitrogen and oxygen atoms in total. The normalized spacial score (nSPS) is 14.6. The Morgan fingerprint density at radius 1 is 0.215 bits per heavy atom. The molecule has 0 aliphatic heterocycles. The molecular weight excluding hydrogens is 1560 g/mol. The average Bonchev–Trinajstić information content (AvgIpc) is 0.796. The molecule has 0 atom stereocenters. The summed E-state index contributed by atoms with van der Waals surface area (Å²) in [6, 6.07) is 35.1. The topological polar surface area (TPSA) is 577 Å². The molecule has 4 aliphatic carbocycles. The zero-order chi connectivity index (χ0) is 86.2. The number of rotatable bonds is 15. The van der Waals surface area contributed by atoms with Crippen LogP contribution in [0, 0.1) is 69.2 Å². The number of benzene rings is 8. The Morgan fingerprint density at radius 2 is 0.405 bits per heavy atom. The first-order valence-electron chi connectivity index (χ1n) is 35.5. The molecule has 0 unspecified atom stereocenters. The van der Waals surface area contributed by atoms with Crippen molar-refractivity contribution < 1.29 is 141 Å². The summed E-state index contributed by atoms with van der Waals surface area (Å²) in [6.07, 6.45) is 16.0. The number of ketones is 4. The molecule has 8 aromatic rings. The van der Waals surface area contributed by atoms with Gasteiger partial charge in [0.2, 0.25) is 0 Å². The van der Waals surface area contributed by atoms with Gasteiger partial charge in [-0.25, -0.2) is 33.6 Å². The maximum absolute atomic E-state index is 11.9. The Hall–Kier alpha value is -15.8. The molecule has 0 saturated heterocycles. The number of carbonyl (C=O) groups is 11. The van der Waals surface area contributed by atoms with Crippen LogP contribution < -0.4 is 0 Å². The van der Waals surface area contributed by atoms with E-state index in [0.717, 1.165) is 56.7 Å². The van der Waals surface area contributed by atoms with Gasteiger partial charge in [0.25, 0.3) is 0 Å². The van der Waals surface area contributed by atoms with Crippen molar-refractivity contribution in [2.75, 3.05) is 0 Å². The summed E-state index contributed by atoms with van der Waals surface area (Å²) in [7, 11) is 0. The van der Waals surface area contributed by atoms with Crippen molar-refractivity contribution in [3.8, 4) is 34.5 Å². The van der Waals surface area contributed by atoms with Crippen LogP contribution in [0.4, 0.5) is 0 Å². The highest BCUT2D eigenvalue weighted by molar-refractivity contribution is 6.25. The van der Waals surface area contributed by atoms with Gasteiger partial charge in [-0.1, -0.05) is 78.9 Å². The highest BCUT2D eigenvalue weighted by Crippen LogP contribution is 2.41. The van der Waals surface area contributed by atoms with Gasteiger partial charge < -0.3 is 88.3 Å². The maximum atomic E-state index is 11.9. The average molecular weight is 1650 g/mol. The molecule has 12 rings (SSSR count). The summed E-state index contributed by atoms with van der Waals surface area (Å²) in [4.78, 5) is 128. The number of hydrogen-bond acceptors (Lipinski definition) is 17. The van der Waals surface area contributed by atoms with Crippen LogP contribution in [0.2, 0.25) is 0 Å². The van der Waals surface area contributed by atoms with Crippen LogP contribution >= 0.6 is 0 Å². The summed E-state index contributed by atoms with van der Waals surface area (Å²) in [5.41, 5.74) is 13.8. The minimum atomic E-state index is -1.38. The van der Waals surface area contributed by atoms with Crippen molar-refractivity contribution in [2.24, 2.45) is 0 Å². The fraction of sp³-hybridized carbons (Fsp3) is 0.108. The summed E-state index contributed by atoms with van der Waals surface area (Å²) in [5.74, 6) is -12.4. The lowest BCUT2D eigenvalue weighted by molar-refractivity contribution is -0.135. The summed E-state index contributed by atoms with van der Waals surface area (Å²) < 4.78 is 0. The SMILES string of the molecule is Cc1cc(/C(=C2\C=CC(=O)C(C(=O)O)=C2)c2cc(C)c(O)c(C(=O)O)c2)ccc1O.Cc1cc(C(=C2C=CC(=O)C(C(=O)O)=C2)c2cc(C)c(O)c(C(=O)O)c2)ccc1O.Cc1ccc(/C(=C2\C=CC(=O)C(C(=O)O)=C2)c2cc(C)c(O)c(C(=O)O)c2)cc1C.Cc1ccc(C(=C2C=CC(=O)C(C(=O)O)=C2)c2ccc(O)c(C)c2)cc1C.O.O.O.O. The number of phenols is 6. The molecule has 121 heavy (non-hydrogen) atoms. The smallest absolute Gasteiger partial charge is 0.339 e. The molecule has 0 spiro atoms. The van der Waals surface area contributed by atoms with Gasteiger partial charge in [0.05, 0.1) is 0 Å². The van der Waals surface area contributed by atoms with Crippen molar-refractivity contribution >= 4 is 87.2 Å². The molecular formula is C93H84O28. The number of aliphatic carboxylic acids is 4. The molecule has 8 aromatic carbocycles. The lowest BCUT2D eigenvalue weighted by Crippen LogP contribution is -2.13. The Kier molecular flexibility index (Phi) is 31.5. The number of aryl methyl sites for hydroxylation is 10. The highest BCUT2D eigenvalue weighted by atomic mass is 16.4. The number of carboxylic acid groups (broad SMARTS) is 7. The fourth-order valence-corrected chi connectivity index (χ4v) is 12.9. The van der Waals surface area contributed by atoms with Crippen LogP contribution in [0.3, 0.4) is 0 Å². The number of carboxylic acids is 7. The van der Waals surface area contributed by atoms with Gasteiger partial charge in [-0.05, 0) is 335 Å². The van der Waals surface area contributed by atoms with Gasteiger partial charge in [-0.3, -0.25) is 19.2 Å². The number of aromatic carboxylic acids is 3. The Balaban J connectivity index is 0.000000284. The van der Waals surface area contributed by atoms with Crippen LogP contribution in [0.1, 0.15) is 131 Å². The van der Waals surface area contributed by atoms with E-state index in [4.69, 9.17) is 0 Å². The third-order valence-corrected chi connectivity index (χ3v) is 19.5. The van der Waals surface area contributed by atoms with Crippen molar-refractivity contribution in [2.45, 2.75) is 69.2 Å². The zero-order valence-electron chi connectivity index (χ0n) is 66.4. The lowest BCUT2D eigenvalue weighted by atomic mass is 9.86. The first-order chi connectivity index (χ1) is 55.1. The van der Waals surface area contributed by atoms with E-state index in [9.17, 15) is 119 Å². The van der Waals surface area contributed by atoms with Crippen LogP contribution in [0.5, 0.6) is 34.5 Å². The third kappa shape index (κ3) is 21.5. The number of allylic oxidation sites excluding steroid dienone is 16. The molecule has 21 N–H and O–H groups in total. The minimum Gasteiger partial charge on any atom is -0.508 e. The Labute approximate surface area is 690 Å². The van der Waals surface area contributed by atoms with Crippen molar-refractivity contribution in [3.63, 3.8) is 0 Å². The van der Waals surface area contributed by atoms with E-state index in [1.807, 2.05) is 70.2 Å². The van der Waals surface area contributed by atoms with Crippen molar-refractivity contribution in [1.82, 2.24) is 0 Å². The Morgan fingerprint density at radius 3 is 0.595 bits per heavy atom. The van der Waals surface area contributed by atoms with E-state index in [0.29, 0.717) is 100 Å². The predicted octanol–water partition coefficient (Wildman–Crippen LogP) is 11.7. The zero-order valence-corrected chi connectivity index (χ0v) is 66.4. The molecule has 624 valence electrons. The van der Waals surface area contributed by atoms with E-state index in [-0.39, 0.29) is 84.2 Å². The molecule has 0 radical (unpaired) electrons. The molecule has 0 fully saturated rings. The number of phenolic OH excluding ortho intramolecular Hbond substituents is 3. The molecule has 28 heteroatoms. The molecule has 0 bridgehead atoms. The summed E-state index contributed by atoms with van der Waals surface area (Å²) in [5, 5.41) is 126. The fourth-order valence-electron chi connectivity index (χ4n) is 12.9. The van der Waals surface area contributed by atoms with E-state index in [1.165, 1.54) is 85.0 Å². The largest absolute Gasteiger partial charge is 0.508 e. The van der Waals surface area contributed by atoms with Crippen LogP contribution in [-0.4, -0.2) is 153 Å². The summed E-state index contributed by atoms with van der Waals surface area (Å²) >= 11 is 0. The van der Waals surface area contributed by atoms with Gasteiger partial charge >= 0.3 is 41.8 Å². The molecule has 0 saturated carbocycles. The second kappa shape index (κ2) is 39.7.